The number of thioether (sulfide) groups is 1. The summed E-state index contributed by atoms with van der Waals surface area (Å²) < 4.78 is 11.6. The Balaban J connectivity index is 1.52. The van der Waals surface area contributed by atoms with Crippen molar-refractivity contribution in [2.75, 3.05) is 12.4 Å². The van der Waals surface area contributed by atoms with Crippen LogP contribution in [-0.2, 0) is 9.59 Å². The lowest BCUT2D eigenvalue weighted by Gasteiger charge is -2.25. The number of nitrogens with zero attached hydrogens (tertiary/aromatic N) is 1. The van der Waals surface area contributed by atoms with Gasteiger partial charge in [0.25, 0.3) is 10.9 Å². The molecule has 1 aromatic heterocycles. The Kier molecular flexibility index (Phi) is 4.85. The molecule has 8 heteroatoms. The van der Waals surface area contributed by atoms with Crippen LogP contribution in [0.1, 0.15) is 0 Å². The van der Waals surface area contributed by atoms with Crippen LogP contribution in [0.2, 0.25) is 0 Å². The molecule has 3 rings (SSSR count). The van der Waals surface area contributed by atoms with Crippen molar-refractivity contribution >= 4 is 23.6 Å². The molecule has 0 spiro atoms. The SMILES string of the molecule is O=C(CSc1cccc[n+]1[O-])NC(=O)[C@H]1COc2ccccc2O1. The fourth-order valence-electron chi connectivity index (χ4n) is 2.07. The lowest BCUT2D eigenvalue weighted by Crippen LogP contribution is -2.46. The lowest BCUT2D eigenvalue weighted by molar-refractivity contribution is -0.645. The molecule has 24 heavy (non-hydrogen) atoms. The predicted molar refractivity (Wildman–Crippen MR) is 85.6 cm³/mol. The molecule has 1 aromatic carbocycles. The number of carbonyl (C=O) groups is 2. The summed E-state index contributed by atoms with van der Waals surface area (Å²) in [6.07, 6.45) is 0.450. The van der Waals surface area contributed by atoms with Gasteiger partial charge in [-0.15, -0.1) is 0 Å². The van der Waals surface area contributed by atoms with E-state index in [0.717, 1.165) is 11.8 Å². The van der Waals surface area contributed by atoms with Crippen molar-refractivity contribution in [2.24, 2.45) is 0 Å². The average molecular weight is 346 g/mol. The number of fused-ring (bicyclic) bond motifs is 1. The van der Waals surface area contributed by atoms with Crippen LogP contribution >= 0.6 is 11.8 Å². The number of carbonyl (C=O) groups excluding carboxylic acids is 2. The Hall–Kier alpha value is -2.74. The zero-order valence-corrected chi connectivity index (χ0v) is 13.3. The second-order valence-electron chi connectivity index (χ2n) is 4.93. The summed E-state index contributed by atoms with van der Waals surface area (Å²) in [5.41, 5.74) is 0. The van der Waals surface area contributed by atoms with Gasteiger partial charge in [0.05, 0.1) is 5.75 Å². The van der Waals surface area contributed by atoms with Gasteiger partial charge in [-0.25, -0.2) is 0 Å². The third-order valence-corrected chi connectivity index (χ3v) is 4.22. The number of imide groups is 1. The number of rotatable bonds is 4. The highest BCUT2D eigenvalue weighted by Crippen LogP contribution is 2.30. The third kappa shape index (κ3) is 3.77. The van der Waals surface area contributed by atoms with Crippen molar-refractivity contribution in [3.05, 3.63) is 53.9 Å². The maximum atomic E-state index is 12.1. The van der Waals surface area contributed by atoms with Crippen molar-refractivity contribution in [3.8, 4) is 11.5 Å². The minimum Gasteiger partial charge on any atom is -0.618 e. The van der Waals surface area contributed by atoms with Gasteiger partial charge in [0.1, 0.15) is 6.61 Å². The highest BCUT2D eigenvalue weighted by atomic mass is 32.2. The van der Waals surface area contributed by atoms with E-state index in [9.17, 15) is 14.8 Å². The normalized spacial score (nSPS) is 15.6. The van der Waals surface area contributed by atoms with E-state index in [1.165, 1.54) is 6.20 Å². The van der Waals surface area contributed by atoms with Crippen molar-refractivity contribution in [2.45, 2.75) is 11.1 Å². The van der Waals surface area contributed by atoms with Gasteiger partial charge in [-0.3, -0.25) is 14.9 Å². The van der Waals surface area contributed by atoms with Gasteiger partial charge in [-0.2, -0.15) is 4.73 Å². The zero-order chi connectivity index (χ0) is 16.9. The number of benzene rings is 1. The highest BCUT2D eigenvalue weighted by molar-refractivity contribution is 7.99. The second kappa shape index (κ2) is 7.22. The largest absolute Gasteiger partial charge is 0.618 e. The van der Waals surface area contributed by atoms with Crippen LogP contribution in [0.4, 0.5) is 0 Å². The molecule has 0 aliphatic carbocycles. The first-order valence-corrected chi connectivity index (χ1v) is 8.15. The summed E-state index contributed by atoms with van der Waals surface area (Å²) in [5.74, 6) is -0.105. The van der Waals surface area contributed by atoms with Gasteiger partial charge in [0.15, 0.2) is 17.7 Å². The van der Waals surface area contributed by atoms with E-state index in [-0.39, 0.29) is 12.4 Å². The van der Waals surface area contributed by atoms with Gasteiger partial charge in [-0.05, 0) is 30.0 Å². The molecule has 2 amide bonds. The molecule has 2 aromatic rings. The van der Waals surface area contributed by atoms with Crippen molar-refractivity contribution in [3.63, 3.8) is 0 Å². The maximum Gasteiger partial charge on any atom is 0.271 e. The number of aromatic nitrogens is 1. The summed E-state index contributed by atoms with van der Waals surface area (Å²) in [5, 5.41) is 14.1. The zero-order valence-electron chi connectivity index (χ0n) is 12.5. The smallest absolute Gasteiger partial charge is 0.271 e. The van der Waals surface area contributed by atoms with Crippen LogP contribution in [0.15, 0.2) is 53.7 Å². The minimum absolute atomic E-state index is 0.0303. The van der Waals surface area contributed by atoms with E-state index in [2.05, 4.69) is 5.32 Å². The molecule has 124 valence electrons. The van der Waals surface area contributed by atoms with E-state index >= 15 is 0 Å². The Morgan fingerprint density at radius 3 is 2.75 bits per heavy atom. The molecule has 7 nitrogen and oxygen atoms in total. The van der Waals surface area contributed by atoms with Crippen molar-refractivity contribution in [1.29, 1.82) is 0 Å². The molecule has 0 unspecified atom stereocenters. The summed E-state index contributed by atoms with van der Waals surface area (Å²) in [6.45, 7) is 0.0303. The van der Waals surface area contributed by atoms with E-state index < -0.39 is 17.9 Å². The molecule has 1 aliphatic rings. The van der Waals surface area contributed by atoms with Crippen LogP contribution in [0.5, 0.6) is 11.5 Å². The molecule has 0 bridgehead atoms. The molecular weight excluding hydrogens is 332 g/mol. The summed E-state index contributed by atoms with van der Waals surface area (Å²) in [4.78, 5) is 23.9. The molecule has 0 saturated heterocycles. The predicted octanol–water partition coefficient (Wildman–Crippen LogP) is 0.895. The van der Waals surface area contributed by atoms with Gasteiger partial charge in [-0.1, -0.05) is 12.1 Å². The maximum absolute atomic E-state index is 12.1. The van der Waals surface area contributed by atoms with E-state index in [1.54, 1.807) is 42.5 Å². The lowest BCUT2D eigenvalue weighted by atomic mass is 10.2. The Bertz CT molecular complexity index is 768. The van der Waals surface area contributed by atoms with Gasteiger partial charge < -0.3 is 14.7 Å². The number of para-hydroxylation sites is 2. The van der Waals surface area contributed by atoms with Crippen LogP contribution in [0.25, 0.3) is 0 Å². The van der Waals surface area contributed by atoms with E-state index in [0.29, 0.717) is 21.3 Å². The number of amides is 2. The van der Waals surface area contributed by atoms with Gasteiger partial charge in [0, 0.05) is 12.1 Å². The summed E-state index contributed by atoms with van der Waals surface area (Å²) in [7, 11) is 0. The topological polar surface area (TPSA) is 91.6 Å². The monoisotopic (exact) mass is 346 g/mol. The molecule has 0 fully saturated rings. The standard InChI is InChI=1S/C16H14N2O5S/c19-14(10-24-15-7-3-4-8-18(15)21)17-16(20)13-9-22-11-5-1-2-6-12(11)23-13/h1-8,13H,9-10H2,(H,17,19,20)/t13-/m1/s1. The fraction of sp³-hybridized carbons (Fsp3) is 0.188. The Labute approximate surface area is 142 Å². The van der Waals surface area contributed by atoms with Crippen LogP contribution in [-0.4, -0.2) is 30.3 Å². The molecule has 0 radical (unpaired) electrons. The number of pyridine rings is 1. The quantitative estimate of drug-likeness (QED) is 0.502. The van der Waals surface area contributed by atoms with Crippen LogP contribution in [0, 0.1) is 5.21 Å². The minimum atomic E-state index is -0.894. The third-order valence-electron chi connectivity index (χ3n) is 3.20. The summed E-state index contributed by atoms with van der Waals surface area (Å²) >= 11 is 1.05. The molecule has 1 aliphatic heterocycles. The van der Waals surface area contributed by atoms with Crippen LogP contribution in [0.3, 0.4) is 0 Å². The first-order chi connectivity index (χ1) is 11.6. The van der Waals surface area contributed by atoms with E-state index in [4.69, 9.17) is 9.47 Å². The number of hydrogen-bond acceptors (Lipinski definition) is 6. The van der Waals surface area contributed by atoms with E-state index in [1.807, 2.05) is 0 Å². The van der Waals surface area contributed by atoms with Crippen molar-refractivity contribution in [1.82, 2.24) is 5.32 Å². The number of hydrogen-bond donors (Lipinski definition) is 1. The second-order valence-corrected chi connectivity index (χ2v) is 5.93. The first-order valence-electron chi connectivity index (χ1n) is 7.16. The number of nitrogens with one attached hydrogen (secondary N) is 1. The molecular formula is C16H14N2O5S. The Morgan fingerprint density at radius 2 is 1.96 bits per heavy atom. The molecule has 1 N–H and O–H groups in total. The van der Waals surface area contributed by atoms with Crippen LogP contribution < -0.4 is 19.5 Å². The average Bonchev–Trinajstić information content (AvgIpc) is 2.60. The highest BCUT2D eigenvalue weighted by Gasteiger charge is 2.28. The Morgan fingerprint density at radius 1 is 1.21 bits per heavy atom. The fourth-order valence-corrected chi connectivity index (χ4v) is 2.78. The molecule has 2 heterocycles. The number of ether oxygens (including phenoxy) is 2. The van der Waals surface area contributed by atoms with Gasteiger partial charge >= 0.3 is 0 Å². The molecule has 0 saturated carbocycles. The summed E-state index contributed by atoms with van der Waals surface area (Å²) in [6, 6.07) is 11.9. The molecule has 1 atom stereocenters. The van der Waals surface area contributed by atoms with Crippen molar-refractivity contribution < 1.29 is 23.8 Å². The first kappa shape index (κ1) is 16.1. The van der Waals surface area contributed by atoms with Gasteiger partial charge in [0.2, 0.25) is 12.0 Å².